The summed E-state index contributed by atoms with van der Waals surface area (Å²) in [4.78, 5) is 4.27. The lowest BCUT2D eigenvalue weighted by atomic mass is 10.1. The molecule has 0 bridgehead atoms. The molecule has 1 heterocycles. The molecule has 0 saturated carbocycles. The molecule has 5 nitrogen and oxygen atoms in total. The molecule has 19 heavy (non-hydrogen) atoms. The van der Waals surface area contributed by atoms with Crippen molar-refractivity contribution in [2.75, 3.05) is 0 Å². The summed E-state index contributed by atoms with van der Waals surface area (Å²) >= 11 is 0. The fraction of sp³-hybridized carbons (Fsp3) is 0.429. The van der Waals surface area contributed by atoms with Crippen molar-refractivity contribution in [3.8, 4) is 5.75 Å². The van der Waals surface area contributed by atoms with Crippen molar-refractivity contribution in [2.45, 2.75) is 39.3 Å². The molecule has 0 spiro atoms. The molecule has 102 valence electrons. The monoisotopic (exact) mass is 261 g/mol. The Labute approximate surface area is 112 Å². The Morgan fingerprint density at radius 3 is 2.63 bits per heavy atom. The lowest BCUT2D eigenvalue weighted by Gasteiger charge is -2.12. The lowest BCUT2D eigenvalue weighted by Crippen LogP contribution is -2.08. The maximum absolute atomic E-state index is 5.90. The third-order valence-corrected chi connectivity index (χ3v) is 2.76. The van der Waals surface area contributed by atoms with E-state index in [4.69, 9.17) is 15.0 Å². The minimum atomic E-state index is -0.0786. The van der Waals surface area contributed by atoms with Gasteiger partial charge in [0.1, 0.15) is 5.75 Å². The molecular formula is C14H19N3O2. The molecule has 1 atom stereocenters. The second kappa shape index (κ2) is 5.84. The van der Waals surface area contributed by atoms with Crippen molar-refractivity contribution in [3.05, 3.63) is 41.5 Å². The van der Waals surface area contributed by atoms with Crippen LogP contribution in [0.4, 0.5) is 0 Å². The summed E-state index contributed by atoms with van der Waals surface area (Å²) in [7, 11) is 0. The van der Waals surface area contributed by atoms with Gasteiger partial charge >= 0.3 is 0 Å². The van der Waals surface area contributed by atoms with Gasteiger partial charge in [0.15, 0.2) is 12.4 Å². The van der Waals surface area contributed by atoms with Gasteiger partial charge in [-0.3, -0.25) is 0 Å². The van der Waals surface area contributed by atoms with Crippen molar-refractivity contribution >= 4 is 0 Å². The van der Waals surface area contributed by atoms with Gasteiger partial charge in [-0.05, 0) is 13.0 Å². The van der Waals surface area contributed by atoms with E-state index in [1.54, 1.807) is 0 Å². The number of nitrogens with zero attached hydrogens (tertiary/aromatic N) is 2. The predicted molar refractivity (Wildman–Crippen MR) is 71.8 cm³/mol. The molecule has 0 aliphatic carbocycles. The van der Waals surface area contributed by atoms with Crippen LogP contribution in [0.2, 0.25) is 0 Å². The van der Waals surface area contributed by atoms with E-state index in [0.29, 0.717) is 11.7 Å². The van der Waals surface area contributed by atoms with Crippen LogP contribution in [0, 0.1) is 0 Å². The molecule has 0 saturated heterocycles. The van der Waals surface area contributed by atoms with E-state index in [2.05, 4.69) is 10.1 Å². The highest BCUT2D eigenvalue weighted by atomic mass is 16.5. The van der Waals surface area contributed by atoms with Crippen molar-refractivity contribution in [1.29, 1.82) is 0 Å². The smallest absolute Gasteiger partial charge is 0.264 e. The number of hydrogen-bond acceptors (Lipinski definition) is 5. The molecule has 0 fully saturated rings. The van der Waals surface area contributed by atoms with Gasteiger partial charge in [0.25, 0.3) is 5.89 Å². The SMILES string of the molecule is CC(C)c1noc(COc2ccccc2[C@@H](C)N)n1. The minimum Gasteiger partial charge on any atom is -0.483 e. The molecule has 0 aliphatic heterocycles. The standard InChI is InChI=1S/C14H19N3O2/c1-9(2)14-16-13(19-17-14)8-18-12-7-5-4-6-11(12)10(3)15/h4-7,9-10H,8,15H2,1-3H3/t10-/m1/s1. The van der Waals surface area contributed by atoms with E-state index in [1.807, 2.05) is 45.0 Å². The fourth-order valence-electron chi connectivity index (χ4n) is 1.69. The van der Waals surface area contributed by atoms with Gasteiger partial charge in [-0.1, -0.05) is 37.2 Å². The summed E-state index contributed by atoms with van der Waals surface area (Å²) in [5.41, 5.74) is 6.86. The Kier molecular flexibility index (Phi) is 4.16. The molecule has 1 aromatic carbocycles. The normalized spacial score (nSPS) is 12.7. The zero-order chi connectivity index (χ0) is 13.8. The quantitative estimate of drug-likeness (QED) is 0.895. The summed E-state index contributed by atoms with van der Waals surface area (Å²) in [5.74, 6) is 2.16. The average Bonchev–Trinajstić information content (AvgIpc) is 2.85. The molecule has 0 amide bonds. The Bertz CT molecular complexity index is 535. The zero-order valence-electron chi connectivity index (χ0n) is 11.5. The number of rotatable bonds is 5. The van der Waals surface area contributed by atoms with E-state index in [-0.39, 0.29) is 18.6 Å². The number of ether oxygens (including phenoxy) is 1. The van der Waals surface area contributed by atoms with Crippen LogP contribution in [0.25, 0.3) is 0 Å². The first-order chi connectivity index (χ1) is 9.08. The number of nitrogens with two attached hydrogens (primary N) is 1. The number of aromatic nitrogens is 2. The molecule has 0 unspecified atom stereocenters. The summed E-state index contributed by atoms with van der Waals surface area (Å²) in [5, 5.41) is 3.89. The third-order valence-electron chi connectivity index (χ3n) is 2.76. The maximum atomic E-state index is 5.90. The van der Waals surface area contributed by atoms with Crippen LogP contribution in [0.5, 0.6) is 5.75 Å². The van der Waals surface area contributed by atoms with Crippen LogP contribution in [0.15, 0.2) is 28.8 Å². The van der Waals surface area contributed by atoms with Gasteiger partial charge in [-0.15, -0.1) is 0 Å². The Morgan fingerprint density at radius 1 is 1.26 bits per heavy atom. The van der Waals surface area contributed by atoms with Crippen LogP contribution in [-0.2, 0) is 6.61 Å². The van der Waals surface area contributed by atoms with Crippen LogP contribution >= 0.6 is 0 Å². The first-order valence-electron chi connectivity index (χ1n) is 6.37. The Balaban J connectivity index is 2.06. The van der Waals surface area contributed by atoms with Crippen molar-refractivity contribution in [1.82, 2.24) is 10.1 Å². The Hall–Kier alpha value is -1.88. The van der Waals surface area contributed by atoms with E-state index < -0.39 is 0 Å². The second-order valence-corrected chi connectivity index (χ2v) is 4.82. The lowest BCUT2D eigenvalue weighted by molar-refractivity contribution is 0.240. The first kappa shape index (κ1) is 13.5. The average molecular weight is 261 g/mol. The largest absolute Gasteiger partial charge is 0.483 e. The maximum Gasteiger partial charge on any atom is 0.264 e. The van der Waals surface area contributed by atoms with Gasteiger partial charge in [-0.2, -0.15) is 4.98 Å². The summed E-state index contributed by atoms with van der Waals surface area (Å²) < 4.78 is 10.8. The van der Waals surface area contributed by atoms with E-state index >= 15 is 0 Å². The number of benzene rings is 1. The topological polar surface area (TPSA) is 74.2 Å². The highest BCUT2D eigenvalue weighted by Crippen LogP contribution is 2.24. The van der Waals surface area contributed by atoms with E-state index in [1.165, 1.54) is 0 Å². The van der Waals surface area contributed by atoms with Crippen LogP contribution in [0.1, 0.15) is 50.0 Å². The molecule has 2 N–H and O–H groups in total. The molecule has 1 aromatic heterocycles. The van der Waals surface area contributed by atoms with Gasteiger partial charge in [0.2, 0.25) is 0 Å². The molecule has 5 heteroatoms. The van der Waals surface area contributed by atoms with E-state index in [9.17, 15) is 0 Å². The third kappa shape index (κ3) is 3.32. The Morgan fingerprint density at radius 2 is 2.00 bits per heavy atom. The van der Waals surface area contributed by atoms with Crippen LogP contribution < -0.4 is 10.5 Å². The number of hydrogen-bond donors (Lipinski definition) is 1. The van der Waals surface area contributed by atoms with Crippen molar-refractivity contribution in [3.63, 3.8) is 0 Å². The van der Waals surface area contributed by atoms with Gasteiger partial charge in [0.05, 0.1) is 0 Å². The predicted octanol–water partition coefficient (Wildman–Crippen LogP) is 2.79. The van der Waals surface area contributed by atoms with Crippen molar-refractivity contribution < 1.29 is 9.26 Å². The zero-order valence-corrected chi connectivity index (χ0v) is 11.5. The highest BCUT2D eigenvalue weighted by Gasteiger charge is 2.12. The minimum absolute atomic E-state index is 0.0786. The highest BCUT2D eigenvalue weighted by molar-refractivity contribution is 5.35. The number of para-hydroxylation sites is 1. The first-order valence-corrected chi connectivity index (χ1v) is 6.37. The molecule has 0 aliphatic rings. The summed E-state index contributed by atoms with van der Waals surface area (Å²) in [6.45, 7) is 6.21. The van der Waals surface area contributed by atoms with Crippen LogP contribution in [0.3, 0.4) is 0 Å². The van der Waals surface area contributed by atoms with E-state index in [0.717, 1.165) is 11.3 Å². The van der Waals surface area contributed by atoms with Gasteiger partial charge < -0.3 is 15.0 Å². The molecule has 2 aromatic rings. The summed E-state index contributed by atoms with van der Waals surface area (Å²) in [6.07, 6.45) is 0. The summed E-state index contributed by atoms with van der Waals surface area (Å²) in [6, 6.07) is 7.61. The second-order valence-electron chi connectivity index (χ2n) is 4.82. The van der Waals surface area contributed by atoms with Crippen molar-refractivity contribution in [2.24, 2.45) is 5.73 Å². The van der Waals surface area contributed by atoms with Crippen LogP contribution in [-0.4, -0.2) is 10.1 Å². The molecular weight excluding hydrogens is 242 g/mol. The molecule has 2 rings (SSSR count). The molecule has 0 radical (unpaired) electrons. The fourth-order valence-corrected chi connectivity index (χ4v) is 1.69. The van der Waals surface area contributed by atoms with Gasteiger partial charge in [0, 0.05) is 17.5 Å². The van der Waals surface area contributed by atoms with Gasteiger partial charge in [-0.25, -0.2) is 0 Å².